The number of piperazine rings is 1. The van der Waals surface area contributed by atoms with Crippen molar-refractivity contribution < 1.29 is 17.9 Å². The number of halogens is 1. The Balaban J connectivity index is 0.00000225. The van der Waals surface area contributed by atoms with Crippen molar-refractivity contribution in [3.05, 3.63) is 29.1 Å². The minimum absolute atomic E-state index is 0. The highest BCUT2D eigenvalue weighted by molar-refractivity contribution is 7.89. The van der Waals surface area contributed by atoms with Crippen LogP contribution in [0.5, 0.6) is 0 Å². The van der Waals surface area contributed by atoms with Crippen LogP contribution in [0, 0.1) is 0 Å². The van der Waals surface area contributed by atoms with Gasteiger partial charge in [0.25, 0.3) is 0 Å². The molecule has 2 heterocycles. The van der Waals surface area contributed by atoms with Crippen molar-refractivity contribution in [2.45, 2.75) is 24.8 Å². The monoisotopic (exact) mass is 404 g/mol. The second-order valence-electron chi connectivity index (χ2n) is 5.75. The largest absolute Gasteiger partial charge is 0.462 e. The molecule has 1 aromatic heterocycles. The number of nitrogens with one attached hydrogen (secondary N) is 1. The molecule has 0 aliphatic carbocycles. The molecule has 1 atom stereocenters. The summed E-state index contributed by atoms with van der Waals surface area (Å²) in [6.07, 6.45) is 0. The molecule has 1 aliphatic heterocycles. The van der Waals surface area contributed by atoms with Gasteiger partial charge in [0.1, 0.15) is 4.88 Å². The molecule has 0 amide bonds. The Labute approximate surface area is 157 Å². The van der Waals surface area contributed by atoms with Crippen LogP contribution in [-0.4, -0.2) is 51.0 Å². The standard InChI is InChI=1S/C16H20N2O4S2.ClH/c1-3-22-16(19)15-9-12-8-13(4-5-14(12)23-15)24(20,21)18-7-6-17-11(2)10-18;/h4-5,8-9,11,17H,3,6-7,10H2,1-2H3;1H/t11-;/m0./s1. The second kappa shape index (κ2) is 8.01. The third-order valence-corrected chi connectivity index (χ3v) is 6.89. The van der Waals surface area contributed by atoms with E-state index in [1.807, 2.05) is 6.92 Å². The average Bonchev–Trinajstić information content (AvgIpc) is 2.98. The minimum atomic E-state index is -3.53. The number of fused-ring (bicyclic) bond motifs is 1. The summed E-state index contributed by atoms with van der Waals surface area (Å²) in [4.78, 5) is 12.6. The summed E-state index contributed by atoms with van der Waals surface area (Å²) < 4.78 is 33.0. The molecular formula is C16H21ClN2O4S2. The van der Waals surface area contributed by atoms with Gasteiger partial charge < -0.3 is 10.1 Å². The first kappa shape index (κ1) is 20.1. The van der Waals surface area contributed by atoms with Crippen molar-refractivity contribution >= 4 is 49.8 Å². The molecule has 0 spiro atoms. The van der Waals surface area contributed by atoms with Gasteiger partial charge in [-0.2, -0.15) is 4.31 Å². The number of benzene rings is 1. The van der Waals surface area contributed by atoms with E-state index >= 15 is 0 Å². The van der Waals surface area contributed by atoms with Crippen LogP contribution < -0.4 is 5.32 Å². The van der Waals surface area contributed by atoms with E-state index in [4.69, 9.17) is 4.74 Å². The predicted octanol–water partition coefficient (Wildman–Crippen LogP) is 2.48. The summed E-state index contributed by atoms with van der Waals surface area (Å²) in [5, 5.41) is 3.98. The zero-order valence-electron chi connectivity index (χ0n) is 14.0. The van der Waals surface area contributed by atoms with Gasteiger partial charge in [-0.1, -0.05) is 0 Å². The van der Waals surface area contributed by atoms with Crippen molar-refractivity contribution in [3.63, 3.8) is 0 Å². The van der Waals surface area contributed by atoms with Gasteiger partial charge in [0, 0.05) is 30.4 Å². The van der Waals surface area contributed by atoms with Crippen molar-refractivity contribution in [1.82, 2.24) is 9.62 Å². The Bertz CT molecular complexity index is 866. The van der Waals surface area contributed by atoms with E-state index in [9.17, 15) is 13.2 Å². The lowest BCUT2D eigenvalue weighted by atomic mass is 10.2. The molecule has 9 heteroatoms. The molecule has 0 bridgehead atoms. The Morgan fingerprint density at radius 3 is 2.84 bits per heavy atom. The fourth-order valence-electron chi connectivity index (χ4n) is 2.75. The number of hydrogen-bond donors (Lipinski definition) is 1. The quantitative estimate of drug-likeness (QED) is 0.792. The summed E-state index contributed by atoms with van der Waals surface area (Å²) in [5.41, 5.74) is 0. The number of ether oxygens (including phenoxy) is 1. The number of rotatable bonds is 4. The SMILES string of the molecule is CCOC(=O)c1cc2cc(S(=O)(=O)N3CCN[C@@H](C)C3)ccc2s1.Cl. The molecule has 1 fully saturated rings. The first-order chi connectivity index (χ1) is 11.4. The maximum Gasteiger partial charge on any atom is 0.348 e. The summed E-state index contributed by atoms with van der Waals surface area (Å²) >= 11 is 1.31. The highest BCUT2D eigenvalue weighted by Gasteiger charge is 2.28. The number of carbonyl (C=O) groups is 1. The van der Waals surface area contributed by atoms with Crippen LogP contribution in [-0.2, 0) is 14.8 Å². The van der Waals surface area contributed by atoms with E-state index in [2.05, 4.69) is 5.32 Å². The Kier molecular flexibility index (Phi) is 6.45. The molecule has 2 aromatic rings. The molecule has 0 saturated carbocycles. The zero-order valence-corrected chi connectivity index (χ0v) is 16.5. The Hall–Kier alpha value is -1.19. The van der Waals surface area contributed by atoms with Gasteiger partial charge in [-0.3, -0.25) is 0 Å². The van der Waals surface area contributed by atoms with Crippen LogP contribution in [0.2, 0.25) is 0 Å². The van der Waals surface area contributed by atoms with Crippen LogP contribution in [0.15, 0.2) is 29.2 Å². The van der Waals surface area contributed by atoms with Crippen molar-refractivity contribution in [1.29, 1.82) is 0 Å². The lowest BCUT2D eigenvalue weighted by Gasteiger charge is -2.31. The number of nitrogens with zero attached hydrogens (tertiary/aromatic N) is 1. The number of carbonyl (C=O) groups excluding carboxylic acids is 1. The topological polar surface area (TPSA) is 75.7 Å². The van der Waals surface area contributed by atoms with E-state index in [0.29, 0.717) is 31.1 Å². The summed E-state index contributed by atoms with van der Waals surface area (Å²) in [6, 6.07) is 6.82. The molecule has 3 rings (SSSR count). The lowest BCUT2D eigenvalue weighted by molar-refractivity contribution is 0.0532. The van der Waals surface area contributed by atoms with Gasteiger partial charge in [-0.25, -0.2) is 13.2 Å². The normalized spacial score (nSPS) is 18.7. The van der Waals surface area contributed by atoms with Gasteiger partial charge >= 0.3 is 5.97 Å². The maximum atomic E-state index is 12.8. The third-order valence-electron chi connectivity index (χ3n) is 3.93. The Morgan fingerprint density at radius 1 is 1.40 bits per heavy atom. The molecule has 1 aromatic carbocycles. The Morgan fingerprint density at radius 2 is 2.16 bits per heavy atom. The van der Waals surface area contributed by atoms with Gasteiger partial charge in [0.2, 0.25) is 10.0 Å². The molecule has 1 saturated heterocycles. The van der Waals surface area contributed by atoms with Gasteiger partial charge in [0.15, 0.2) is 0 Å². The fourth-order valence-corrected chi connectivity index (χ4v) is 5.25. The molecular weight excluding hydrogens is 384 g/mol. The molecule has 1 aliphatic rings. The maximum absolute atomic E-state index is 12.8. The average molecular weight is 405 g/mol. The van der Waals surface area contributed by atoms with Gasteiger partial charge in [-0.15, -0.1) is 23.7 Å². The third kappa shape index (κ3) is 4.15. The van der Waals surface area contributed by atoms with Crippen LogP contribution in [0.1, 0.15) is 23.5 Å². The predicted molar refractivity (Wildman–Crippen MR) is 101 cm³/mol. The number of hydrogen-bond acceptors (Lipinski definition) is 6. The van der Waals surface area contributed by atoms with Gasteiger partial charge in [-0.05, 0) is 43.5 Å². The first-order valence-electron chi connectivity index (χ1n) is 7.86. The lowest BCUT2D eigenvalue weighted by Crippen LogP contribution is -2.51. The van der Waals surface area contributed by atoms with Crippen LogP contribution in [0.25, 0.3) is 10.1 Å². The minimum Gasteiger partial charge on any atom is -0.462 e. The van der Waals surface area contributed by atoms with Crippen molar-refractivity contribution in [3.8, 4) is 0 Å². The van der Waals surface area contributed by atoms with Crippen LogP contribution >= 0.6 is 23.7 Å². The molecule has 138 valence electrons. The van der Waals surface area contributed by atoms with Crippen LogP contribution in [0.4, 0.5) is 0 Å². The number of sulfonamides is 1. The fraction of sp³-hybridized carbons (Fsp3) is 0.438. The second-order valence-corrected chi connectivity index (χ2v) is 8.77. The summed E-state index contributed by atoms with van der Waals surface area (Å²) in [7, 11) is -3.53. The number of thiophene rings is 1. The highest BCUT2D eigenvalue weighted by atomic mass is 35.5. The summed E-state index contributed by atoms with van der Waals surface area (Å²) in [5.74, 6) is -0.376. The van der Waals surface area contributed by atoms with Crippen LogP contribution in [0.3, 0.4) is 0 Å². The molecule has 25 heavy (non-hydrogen) atoms. The van der Waals surface area contributed by atoms with Gasteiger partial charge in [0.05, 0.1) is 11.5 Å². The molecule has 0 radical (unpaired) electrons. The van der Waals surface area contributed by atoms with Crippen molar-refractivity contribution in [2.75, 3.05) is 26.2 Å². The van der Waals surface area contributed by atoms with E-state index < -0.39 is 10.0 Å². The molecule has 0 unspecified atom stereocenters. The smallest absolute Gasteiger partial charge is 0.348 e. The van der Waals surface area contributed by atoms with E-state index in [0.717, 1.165) is 10.1 Å². The van der Waals surface area contributed by atoms with Crippen molar-refractivity contribution in [2.24, 2.45) is 0 Å². The summed E-state index contributed by atoms with van der Waals surface area (Å²) in [6.45, 7) is 5.60. The molecule has 6 nitrogen and oxygen atoms in total. The van der Waals surface area contributed by atoms with E-state index in [-0.39, 0.29) is 29.3 Å². The number of esters is 1. The zero-order chi connectivity index (χ0) is 17.3. The molecule has 1 N–H and O–H groups in total. The highest BCUT2D eigenvalue weighted by Crippen LogP contribution is 2.29. The van der Waals surface area contributed by atoms with E-state index in [1.165, 1.54) is 15.6 Å². The first-order valence-corrected chi connectivity index (χ1v) is 10.1. The van der Waals surface area contributed by atoms with E-state index in [1.54, 1.807) is 31.2 Å².